The predicted octanol–water partition coefficient (Wildman–Crippen LogP) is 1.95. The molecule has 0 saturated carbocycles. The smallest absolute Gasteiger partial charge is 0.287 e. The number of aromatic nitrogens is 2. The highest BCUT2D eigenvalue weighted by Gasteiger charge is 2.13. The zero-order valence-electron chi connectivity index (χ0n) is 9.26. The summed E-state index contributed by atoms with van der Waals surface area (Å²) in [6, 6.07) is 3.05. The Hall–Kier alpha value is -1.75. The number of hydrogen-bond acceptors (Lipinski definition) is 3. The molecule has 0 unspecified atom stereocenters. The van der Waals surface area contributed by atoms with Gasteiger partial charge in [-0.3, -0.25) is 4.79 Å². The standard InChI is InChI=1S/C11H12ClN3O2/c1-8(6-15-5-4-13-7-15)14-11(16)9-2-3-10(12)17-9/h2-5,7-8H,6H2,1H3,(H,14,16)/t8-/m1/s1. The molecule has 0 bridgehead atoms. The molecule has 17 heavy (non-hydrogen) atoms. The van der Waals surface area contributed by atoms with E-state index in [0.717, 1.165) is 0 Å². The van der Waals surface area contributed by atoms with Gasteiger partial charge in [-0.15, -0.1) is 0 Å². The molecule has 0 radical (unpaired) electrons. The molecule has 5 nitrogen and oxygen atoms in total. The number of nitrogens with zero attached hydrogens (tertiary/aromatic N) is 2. The average molecular weight is 254 g/mol. The van der Waals surface area contributed by atoms with Crippen LogP contribution in [-0.4, -0.2) is 21.5 Å². The van der Waals surface area contributed by atoms with Crippen LogP contribution in [0.1, 0.15) is 17.5 Å². The molecule has 2 aromatic heterocycles. The molecule has 0 aliphatic rings. The van der Waals surface area contributed by atoms with Gasteiger partial charge in [-0.2, -0.15) is 0 Å². The number of carbonyl (C=O) groups excluding carboxylic acids is 1. The summed E-state index contributed by atoms with van der Waals surface area (Å²) >= 11 is 5.60. The maximum absolute atomic E-state index is 11.7. The Kier molecular flexibility index (Phi) is 3.49. The fourth-order valence-corrected chi connectivity index (χ4v) is 1.63. The van der Waals surface area contributed by atoms with E-state index in [-0.39, 0.29) is 22.9 Å². The Morgan fingerprint density at radius 3 is 3.06 bits per heavy atom. The monoisotopic (exact) mass is 253 g/mol. The first-order valence-corrected chi connectivity index (χ1v) is 5.55. The lowest BCUT2D eigenvalue weighted by Crippen LogP contribution is -2.35. The number of hydrogen-bond donors (Lipinski definition) is 1. The van der Waals surface area contributed by atoms with E-state index in [1.165, 1.54) is 6.07 Å². The van der Waals surface area contributed by atoms with E-state index in [4.69, 9.17) is 16.0 Å². The molecule has 90 valence electrons. The molecule has 0 fully saturated rings. The molecular formula is C11H12ClN3O2. The van der Waals surface area contributed by atoms with Crippen LogP contribution in [0.5, 0.6) is 0 Å². The average Bonchev–Trinajstić information content (AvgIpc) is 2.89. The van der Waals surface area contributed by atoms with Gasteiger partial charge in [-0.25, -0.2) is 4.98 Å². The number of rotatable bonds is 4. The van der Waals surface area contributed by atoms with E-state index in [1.54, 1.807) is 18.6 Å². The number of halogens is 1. The van der Waals surface area contributed by atoms with Crippen LogP contribution >= 0.6 is 11.6 Å². The Labute approximate surface area is 103 Å². The second-order valence-electron chi connectivity index (χ2n) is 3.74. The van der Waals surface area contributed by atoms with Crippen LogP contribution < -0.4 is 5.32 Å². The van der Waals surface area contributed by atoms with Crippen molar-refractivity contribution in [2.24, 2.45) is 0 Å². The lowest BCUT2D eigenvalue weighted by molar-refractivity contribution is 0.0909. The first-order valence-electron chi connectivity index (χ1n) is 5.17. The number of nitrogens with one attached hydrogen (secondary N) is 1. The number of furan rings is 1. The van der Waals surface area contributed by atoms with Crippen LogP contribution in [0.4, 0.5) is 0 Å². The predicted molar refractivity (Wildman–Crippen MR) is 62.9 cm³/mol. The molecule has 0 aromatic carbocycles. The van der Waals surface area contributed by atoms with Gasteiger partial charge in [0.1, 0.15) is 0 Å². The zero-order valence-corrected chi connectivity index (χ0v) is 10.0. The minimum atomic E-state index is -0.274. The molecule has 2 aromatic rings. The van der Waals surface area contributed by atoms with Gasteiger partial charge in [-0.1, -0.05) is 0 Å². The van der Waals surface area contributed by atoms with Gasteiger partial charge >= 0.3 is 0 Å². The van der Waals surface area contributed by atoms with Crippen molar-refractivity contribution in [3.05, 3.63) is 41.8 Å². The highest BCUT2D eigenvalue weighted by molar-refractivity contribution is 6.29. The highest BCUT2D eigenvalue weighted by atomic mass is 35.5. The molecule has 2 heterocycles. The van der Waals surface area contributed by atoms with E-state index < -0.39 is 0 Å². The van der Waals surface area contributed by atoms with Gasteiger partial charge in [0.2, 0.25) is 0 Å². The van der Waals surface area contributed by atoms with Crippen LogP contribution in [0.2, 0.25) is 5.22 Å². The highest BCUT2D eigenvalue weighted by Crippen LogP contribution is 2.12. The maximum Gasteiger partial charge on any atom is 0.287 e. The Morgan fingerprint density at radius 2 is 2.47 bits per heavy atom. The lowest BCUT2D eigenvalue weighted by Gasteiger charge is -2.13. The second-order valence-corrected chi connectivity index (χ2v) is 4.11. The summed E-state index contributed by atoms with van der Waals surface area (Å²) < 4.78 is 6.90. The molecule has 0 aliphatic heterocycles. The SMILES string of the molecule is C[C@H](Cn1ccnc1)NC(=O)c1ccc(Cl)o1. The van der Waals surface area contributed by atoms with Gasteiger partial charge < -0.3 is 14.3 Å². The van der Waals surface area contributed by atoms with E-state index in [0.29, 0.717) is 6.54 Å². The summed E-state index contributed by atoms with van der Waals surface area (Å²) in [5.74, 6) is -0.0583. The molecular weight excluding hydrogens is 242 g/mol. The molecule has 1 N–H and O–H groups in total. The van der Waals surface area contributed by atoms with Crippen LogP contribution in [-0.2, 0) is 6.54 Å². The lowest BCUT2D eigenvalue weighted by atomic mass is 10.3. The summed E-state index contributed by atoms with van der Waals surface area (Å²) in [4.78, 5) is 15.6. The van der Waals surface area contributed by atoms with Crippen molar-refractivity contribution in [3.63, 3.8) is 0 Å². The summed E-state index contributed by atoms with van der Waals surface area (Å²) in [6.07, 6.45) is 5.24. The summed E-state index contributed by atoms with van der Waals surface area (Å²) in [7, 11) is 0. The minimum Gasteiger partial charge on any atom is -0.440 e. The Morgan fingerprint density at radius 1 is 1.65 bits per heavy atom. The zero-order chi connectivity index (χ0) is 12.3. The molecule has 0 aliphatic carbocycles. The third-order valence-corrected chi connectivity index (χ3v) is 2.42. The van der Waals surface area contributed by atoms with Crippen molar-refractivity contribution >= 4 is 17.5 Å². The van der Waals surface area contributed by atoms with Crippen molar-refractivity contribution in [1.29, 1.82) is 0 Å². The minimum absolute atomic E-state index is 0.0272. The van der Waals surface area contributed by atoms with Crippen LogP contribution in [0.15, 0.2) is 35.3 Å². The molecule has 1 atom stereocenters. The van der Waals surface area contributed by atoms with Gasteiger partial charge in [0, 0.05) is 25.0 Å². The topological polar surface area (TPSA) is 60.1 Å². The fourth-order valence-electron chi connectivity index (χ4n) is 1.49. The molecule has 2 rings (SSSR count). The van der Waals surface area contributed by atoms with Gasteiger partial charge in [0.05, 0.1) is 6.33 Å². The van der Waals surface area contributed by atoms with Crippen LogP contribution in [0.25, 0.3) is 0 Å². The van der Waals surface area contributed by atoms with Crippen molar-refractivity contribution in [2.45, 2.75) is 19.5 Å². The largest absolute Gasteiger partial charge is 0.440 e. The quantitative estimate of drug-likeness (QED) is 0.906. The van der Waals surface area contributed by atoms with Gasteiger partial charge in [0.15, 0.2) is 11.0 Å². The Balaban J connectivity index is 1.90. The van der Waals surface area contributed by atoms with Crippen LogP contribution in [0.3, 0.4) is 0 Å². The number of imidazole rings is 1. The normalized spacial score (nSPS) is 12.4. The Bertz CT molecular complexity index is 493. The van der Waals surface area contributed by atoms with Crippen molar-refractivity contribution in [1.82, 2.24) is 14.9 Å². The van der Waals surface area contributed by atoms with E-state index in [2.05, 4.69) is 10.3 Å². The molecule has 1 amide bonds. The van der Waals surface area contributed by atoms with Crippen LogP contribution in [0, 0.1) is 0 Å². The van der Waals surface area contributed by atoms with Gasteiger partial charge in [-0.05, 0) is 30.7 Å². The first kappa shape index (κ1) is 11.7. The van der Waals surface area contributed by atoms with E-state index in [1.807, 2.05) is 17.7 Å². The third-order valence-electron chi connectivity index (χ3n) is 2.22. The third kappa shape index (κ3) is 3.10. The van der Waals surface area contributed by atoms with E-state index >= 15 is 0 Å². The maximum atomic E-state index is 11.7. The molecule has 0 saturated heterocycles. The number of amides is 1. The fraction of sp³-hybridized carbons (Fsp3) is 0.273. The van der Waals surface area contributed by atoms with E-state index in [9.17, 15) is 4.79 Å². The first-order chi connectivity index (χ1) is 8.15. The van der Waals surface area contributed by atoms with Crippen molar-refractivity contribution in [2.75, 3.05) is 0 Å². The number of carbonyl (C=O) groups is 1. The van der Waals surface area contributed by atoms with Gasteiger partial charge in [0.25, 0.3) is 5.91 Å². The summed E-state index contributed by atoms with van der Waals surface area (Å²) in [5.41, 5.74) is 0. The second kappa shape index (κ2) is 5.05. The van der Waals surface area contributed by atoms with Crippen molar-refractivity contribution in [3.8, 4) is 0 Å². The van der Waals surface area contributed by atoms with Crippen molar-refractivity contribution < 1.29 is 9.21 Å². The summed E-state index contributed by atoms with van der Waals surface area (Å²) in [6.45, 7) is 2.56. The molecule has 6 heteroatoms. The molecule has 0 spiro atoms. The summed E-state index contributed by atoms with van der Waals surface area (Å²) in [5, 5.41) is 3.01.